The number of benzene rings is 3. The molecule has 2 fully saturated rings. The molecule has 1 unspecified atom stereocenters. The minimum absolute atomic E-state index is 0.208. The summed E-state index contributed by atoms with van der Waals surface area (Å²) in [6.07, 6.45) is 4.19. The number of nitrogens with zero attached hydrogens (tertiary/aromatic N) is 1. The van der Waals surface area contributed by atoms with Gasteiger partial charge in [-0.2, -0.15) is 0 Å². The second-order valence-electron chi connectivity index (χ2n) is 9.84. The van der Waals surface area contributed by atoms with Crippen LogP contribution in [-0.4, -0.2) is 30.4 Å². The molecule has 1 spiro atoms. The first-order chi connectivity index (χ1) is 16.7. The lowest BCUT2D eigenvalue weighted by Crippen LogP contribution is -2.37. The zero-order valence-corrected chi connectivity index (χ0v) is 19.8. The average Bonchev–Trinajstić information content (AvgIpc) is 3.59. The maximum Gasteiger partial charge on any atom is 0.223 e. The van der Waals surface area contributed by atoms with Crippen LogP contribution in [0.15, 0.2) is 84.9 Å². The molecule has 4 nitrogen and oxygen atoms in total. The summed E-state index contributed by atoms with van der Waals surface area (Å²) in [7, 11) is 0. The number of hydrogen-bond acceptors (Lipinski definition) is 3. The van der Waals surface area contributed by atoms with Crippen LogP contribution in [0.3, 0.4) is 0 Å². The van der Waals surface area contributed by atoms with E-state index in [4.69, 9.17) is 4.74 Å². The van der Waals surface area contributed by atoms with Crippen molar-refractivity contribution in [2.45, 2.75) is 38.8 Å². The Labute approximate surface area is 202 Å². The zero-order chi connectivity index (χ0) is 23.2. The summed E-state index contributed by atoms with van der Waals surface area (Å²) in [5.41, 5.74) is 3.98. The number of rotatable bonds is 9. The Morgan fingerprint density at radius 2 is 1.56 bits per heavy atom. The smallest absolute Gasteiger partial charge is 0.223 e. The summed E-state index contributed by atoms with van der Waals surface area (Å²) in [5.74, 6) is 1.39. The van der Waals surface area contributed by atoms with E-state index >= 15 is 0 Å². The highest BCUT2D eigenvalue weighted by Crippen LogP contribution is 2.59. The van der Waals surface area contributed by atoms with E-state index in [-0.39, 0.29) is 17.2 Å². The minimum atomic E-state index is 0.208. The van der Waals surface area contributed by atoms with Crippen LogP contribution >= 0.6 is 0 Å². The second kappa shape index (κ2) is 10.4. The SMILES string of the molecule is O=C(NCCc1ccccc1)C1CC12CCN(Cc1cccc(OCc3ccccc3)c1)CC2. The Kier molecular flexibility index (Phi) is 6.96. The van der Waals surface area contributed by atoms with Gasteiger partial charge in [0.1, 0.15) is 12.4 Å². The van der Waals surface area contributed by atoms with Gasteiger partial charge in [0.15, 0.2) is 0 Å². The van der Waals surface area contributed by atoms with Gasteiger partial charge in [-0.05, 0) is 73.0 Å². The molecule has 1 atom stereocenters. The Hall–Kier alpha value is -3.11. The number of amides is 1. The highest BCUT2D eigenvalue weighted by atomic mass is 16.5. The van der Waals surface area contributed by atoms with Crippen molar-refractivity contribution in [3.05, 3.63) is 102 Å². The topological polar surface area (TPSA) is 41.6 Å². The van der Waals surface area contributed by atoms with Gasteiger partial charge >= 0.3 is 0 Å². The van der Waals surface area contributed by atoms with Crippen molar-refractivity contribution in [3.63, 3.8) is 0 Å². The molecule has 0 aromatic heterocycles. The Morgan fingerprint density at radius 3 is 2.29 bits per heavy atom. The molecule has 1 N–H and O–H groups in total. The normalized spacial score (nSPS) is 19.0. The maximum atomic E-state index is 12.7. The average molecular weight is 455 g/mol. The Morgan fingerprint density at radius 1 is 0.882 bits per heavy atom. The van der Waals surface area contributed by atoms with Crippen molar-refractivity contribution in [3.8, 4) is 5.75 Å². The standard InChI is InChI=1S/C30H34N2O2/c33-29(31-17-14-24-8-3-1-4-9-24)28-21-30(28)15-18-32(19-16-30)22-26-12-7-13-27(20-26)34-23-25-10-5-2-6-11-25/h1-13,20,28H,14-19,21-23H2,(H,31,33). The first-order valence-corrected chi connectivity index (χ1v) is 12.5. The summed E-state index contributed by atoms with van der Waals surface area (Å²) in [6, 6.07) is 29.1. The second-order valence-corrected chi connectivity index (χ2v) is 9.84. The third-order valence-corrected chi connectivity index (χ3v) is 7.47. The molecule has 5 rings (SSSR count). The molecule has 0 bridgehead atoms. The summed E-state index contributed by atoms with van der Waals surface area (Å²) in [4.78, 5) is 15.2. The molecule has 1 amide bonds. The molecule has 1 aliphatic heterocycles. The number of likely N-dealkylation sites (tertiary alicyclic amines) is 1. The fraction of sp³-hybridized carbons (Fsp3) is 0.367. The quantitative estimate of drug-likeness (QED) is 0.482. The van der Waals surface area contributed by atoms with Gasteiger partial charge < -0.3 is 10.1 Å². The third kappa shape index (κ3) is 5.68. The lowest BCUT2D eigenvalue weighted by atomic mass is 9.90. The van der Waals surface area contributed by atoms with Gasteiger partial charge in [0.25, 0.3) is 0 Å². The van der Waals surface area contributed by atoms with Gasteiger partial charge in [-0.25, -0.2) is 0 Å². The predicted molar refractivity (Wildman–Crippen MR) is 135 cm³/mol. The number of piperidine rings is 1. The van der Waals surface area contributed by atoms with E-state index in [1.807, 2.05) is 30.3 Å². The molecule has 3 aromatic carbocycles. The van der Waals surface area contributed by atoms with E-state index in [1.54, 1.807) is 0 Å². The highest BCUT2D eigenvalue weighted by Gasteiger charge is 2.58. The fourth-order valence-corrected chi connectivity index (χ4v) is 5.26. The number of nitrogens with one attached hydrogen (secondary N) is 1. The molecule has 1 aliphatic carbocycles. The van der Waals surface area contributed by atoms with Crippen LogP contribution < -0.4 is 10.1 Å². The van der Waals surface area contributed by atoms with Crippen LogP contribution in [0.25, 0.3) is 0 Å². The van der Waals surface area contributed by atoms with Crippen molar-refractivity contribution >= 4 is 5.91 Å². The van der Waals surface area contributed by atoms with Crippen LogP contribution in [0.5, 0.6) is 5.75 Å². The predicted octanol–water partition coefficient (Wildman–Crippen LogP) is 5.23. The van der Waals surface area contributed by atoms with Crippen LogP contribution in [0.1, 0.15) is 36.0 Å². The van der Waals surface area contributed by atoms with E-state index in [0.29, 0.717) is 6.61 Å². The molecule has 0 radical (unpaired) electrons. The summed E-state index contributed by atoms with van der Waals surface area (Å²) >= 11 is 0. The molecule has 1 heterocycles. The number of ether oxygens (including phenoxy) is 1. The molecule has 4 heteroatoms. The molecule has 34 heavy (non-hydrogen) atoms. The first kappa shape index (κ1) is 22.7. The monoisotopic (exact) mass is 454 g/mol. The van der Waals surface area contributed by atoms with E-state index in [0.717, 1.165) is 57.6 Å². The molecule has 176 valence electrons. The molecule has 3 aromatic rings. The molecular weight excluding hydrogens is 420 g/mol. The van der Waals surface area contributed by atoms with Gasteiger partial charge in [0.05, 0.1) is 0 Å². The van der Waals surface area contributed by atoms with Crippen molar-refractivity contribution in [2.75, 3.05) is 19.6 Å². The molecule has 2 aliphatic rings. The van der Waals surface area contributed by atoms with E-state index < -0.39 is 0 Å². The van der Waals surface area contributed by atoms with E-state index in [9.17, 15) is 4.79 Å². The van der Waals surface area contributed by atoms with Crippen molar-refractivity contribution in [2.24, 2.45) is 11.3 Å². The lowest BCUT2D eigenvalue weighted by Gasteiger charge is -2.33. The van der Waals surface area contributed by atoms with Crippen molar-refractivity contribution in [1.29, 1.82) is 0 Å². The molecular formula is C30H34N2O2. The van der Waals surface area contributed by atoms with Gasteiger partial charge in [-0.15, -0.1) is 0 Å². The van der Waals surface area contributed by atoms with Crippen LogP contribution in [0.2, 0.25) is 0 Å². The highest BCUT2D eigenvalue weighted by molar-refractivity contribution is 5.82. The van der Waals surface area contributed by atoms with E-state index in [1.165, 1.54) is 16.7 Å². The van der Waals surface area contributed by atoms with Crippen molar-refractivity contribution in [1.82, 2.24) is 10.2 Å². The number of carbonyl (C=O) groups is 1. The Balaban J connectivity index is 1.05. The summed E-state index contributed by atoms with van der Waals surface area (Å²) in [5, 5.41) is 3.18. The van der Waals surface area contributed by atoms with Gasteiger partial charge in [-0.1, -0.05) is 72.8 Å². The first-order valence-electron chi connectivity index (χ1n) is 12.5. The van der Waals surface area contributed by atoms with E-state index in [2.05, 4.69) is 64.8 Å². The van der Waals surface area contributed by atoms with Crippen LogP contribution in [0, 0.1) is 11.3 Å². The third-order valence-electron chi connectivity index (χ3n) is 7.47. The summed E-state index contributed by atoms with van der Waals surface area (Å²) < 4.78 is 6.00. The van der Waals surface area contributed by atoms with Crippen LogP contribution in [-0.2, 0) is 24.4 Å². The van der Waals surface area contributed by atoms with Crippen LogP contribution in [0.4, 0.5) is 0 Å². The number of hydrogen-bond donors (Lipinski definition) is 1. The summed E-state index contributed by atoms with van der Waals surface area (Å²) in [6.45, 7) is 4.37. The molecule has 1 saturated carbocycles. The van der Waals surface area contributed by atoms with Gasteiger partial charge in [-0.3, -0.25) is 9.69 Å². The van der Waals surface area contributed by atoms with Crippen molar-refractivity contribution < 1.29 is 9.53 Å². The largest absolute Gasteiger partial charge is 0.489 e. The minimum Gasteiger partial charge on any atom is -0.489 e. The maximum absolute atomic E-state index is 12.7. The molecule has 1 saturated heterocycles. The number of carbonyl (C=O) groups excluding carboxylic acids is 1. The fourth-order valence-electron chi connectivity index (χ4n) is 5.26. The lowest BCUT2D eigenvalue weighted by molar-refractivity contribution is -0.123. The Bertz CT molecular complexity index is 1080. The van der Waals surface area contributed by atoms with Gasteiger partial charge in [0, 0.05) is 19.0 Å². The van der Waals surface area contributed by atoms with Gasteiger partial charge in [0.2, 0.25) is 5.91 Å². The zero-order valence-electron chi connectivity index (χ0n) is 19.8.